The zero-order chi connectivity index (χ0) is 19.9. The number of aromatic nitrogens is 1. The third-order valence-corrected chi connectivity index (χ3v) is 4.76. The van der Waals surface area contributed by atoms with E-state index in [0.29, 0.717) is 37.2 Å². The number of likely N-dealkylation sites (N-methyl/N-ethyl adjacent to an activating group) is 1. The number of amides is 2. The van der Waals surface area contributed by atoms with Gasteiger partial charge in [-0.3, -0.25) is 19.5 Å². The van der Waals surface area contributed by atoms with Crippen LogP contribution < -0.4 is 10.6 Å². The number of nitriles is 1. The minimum Gasteiger partial charge on any atom is -0.355 e. The van der Waals surface area contributed by atoms with Crippen molar-refractivity contribution in [3.8, 4) is 6.07 Å². The van der Waals surface area contributed by atoms with Crippen LogP contribution in [-0.2, 0) is 11.3 Å². The van der Waals surface area contributed by atoms with E-state index in [1.165, 1.54) is 0 Å². The van der Waals surface area contributed by atoms with Gasteiger partial charge in [0.25, 0.3) is 5.91 Å². The number of carbonyl (C=O) groups excluding carboxylic acids is 2. The molecule has 144 valence electrons. The molecular weight excluding hydrogens is 354 g/mol. The number of nitrogens with one attached hydrogen (secondary N) is 2. The molecule has 0 unspecified atom stereocenters. The monoisotopic (exact) mass is 377 g/mol. The van der Waals surface area contributed by atoms with Crippen molar-refractivity contribution in [3.05, 3.63) is 65.5 Å². The Hall–Kier alpha value is -3.24. The van der Waals surface area contributed by atoms with Crippen LogP contribution in [0.15, 0.2) is 48.7 Å². The van der Waals surface area contributed by atoms with Crippen molar-refractivity contribution in [2.24, 2.45) is 0 Å². The number of hydrogen-bond acceptors (Lipinski definition) is 5. The number of rotatable bonds is 6. The number of nitrogens with zero attached hydrogens (tertiary/aromatic N) is 3. The Morgan fingerprint density at radius 2 is 2.04 bits per heavy atom. The maximum atomic E-state index is 12.5. The summed E-state index contributed by atoms with van der Waals surface area (Å²) in [5, 5.41) is 14.8. The van der Waals surface area contributed by atoms with Gasteiger partial charge < -0.3 is 10.6 Å². The Labute approximate surface area is 164 Å². The molecule has 1 aliphatic heterocycles. The minimum absolute atomic E-state index is 0.0337. The first-order valence-corrected chi connectivity index (χ1v) is 9.33. The Morgan fingerprint density at radius 1 is 1.25 bits per heavy atom. The van der Waals surface area contributed by atoms with E-state index in [-0.39, 0.29) is 23.9 Å². The molecule has 1 saturated heterocycles. The molecule has 2 heterocycles. The zero-order valence-electron chi connectivity index (χ0n) is 15.8. The largest absolute Gasteiger partial charge is 0.355 e. The smallest absolute Gasteiger partial charge is 0.251 e. The van der Waals surface area contributed by atoms with E-state index < -0.39 is 0 Å². The summed E-state index contributed by atoms with van der Waals surface area (Å²) in [4.78, 5) is 31.4. The summed E-state index contributed by atoms with van der Waals surface area (Å²) in [5.74, 6) is -0.239. The molecule has 3 rings (SSSR count). The molecule has 0 radical (unpaired) electrons. The highest BCUT2D eigenvalue weighted by Gasteiger charge is 2.37. The Morgan fingerprint density at radius 3 is 2.68 bits per heavy atom. The van der Waals surface area contributed by atoms with Crippen LogP contribution in [0, 0.1) is 11.3 Å². The molecule has 1 aromatic carbocycles. The number of hydrogen-bond donors (Lipinski definition) is 2. The SMILES string of the molecule is CCNC(=O)[C@@H]1C[C@@H](NC(=O)c2ccc(C#N)cc2)CN1Cc1ccccn1. The van der Waals surface area contributed by atoms with Crippen LogP contribution in [0.1, 0.15) is 35.0 Å². The van der Waals surface area contributed by atoms with Crippen LogP contribution in [-0.4, -0.2) is 46.9 Å². The molecule has 2 aromatic rings. The molecule has 2 amide bonds. The van der Waals surface area contributed by atoms with Crippen molar-refractivity contribution in [1.29, 1.82) is 5.26 Å². The number of likely N-dealkylation sites (tertiary alicyclic amines) is 1. The lowest BCUT2D eigenvalue weighted by Gasteiger charge is -2.22. The summed E-state index contributed by atoms with van der Waals surface area (Å²) >= 11 is 0. The summed E-state index contributed by atoms with van der Waals surface area (Å²) in [6.07, 6.45) is 2.28. The van der Waals surface area contributed by atoms with E-state index in [1.807, 2.05) is 31.2 Å². The maximum absolute atomic E-state index is 12.5. The molecule has 7 heteroatoms. The fraction of sp³-hybridized carbons (Fsp3) is 0.333. The molecule has 0 aliphatic carbocycles. The lowest BCUT2D eigenvalue weighted by Crippen LogP contribution is -2.42. The van der Waals surface area contributed by atoms with Crippen molar-refractivity contribution in [2.75, 3.05) is 13.1 Å². The standard InChI is InChI=1S/C21H23N5O2/c1-2-23-21(28)19-11-18(14-26(19)13-17-5-3-4-10-24-17)25-20(27)16-8-6-15(12-22)7-9-16/h3-10,18-19H,2,11,13-14H2,1H3,(H,23,28)(H,25,27)/t18-,19+/m1/s1. The normalized spacial score (nSPS) is 19.0. The van der Waals surface area contributed by atoms with Crippen molar-refractivity contribution >= 4 is 11.8 Å². The van der Waals surface area contributed by atoms with Crippen molar-refractivity contribution in [1.82, 2.24) is 20.5 Å². The quantitative estimate of drug-likeness (QED) is 0.794. The van der Waals surface area contributed by atoms with Gasteiger partial charge >= 0.3 is 0 Å². The summed E-state index contributed by atoms with van der Waals surface area (Å²) in [5.41, 5.74) is 1.89. The third kappa shape index (κ3) is 4.72. The second-order valence-electron chi connectivity index (χ2n) is 6.76. The molecule has 0 spiro atoms. The van der Waals surface area contributed by atoms with Gasteiger partial charge in [-0.25, -0.2) is 0 Å². The molecule has 7 nitrogen and oxygen atoms in total. The topological polar surface area (TPSA) is 98.1 Å². The summed E-state index contributed by atoms with van der Waals surface area (Å²) in [6, 6.07) is 13.8. The van der Waals surface area contributed by atoms with E-state index in [9.17, 15) is 9.59 Å². The van der Waals surface area contributed by atoms with Gasteiger partial charge in [0.2, 0.25) is 5.91 Å². The van der Waals surface area contributed by atoms with Gasteiger partial charge in [0.1, 0.15) is 0 Å². The molecule has 1 aromatic heterocycles. The van der Waals surface area contributed by atoms with Crippen LogP contribution >= 0.6 is 0 Å². The average Bonchev–Trinajstić information content (AvgIpc) is 3.11. The minimum atomic E-state index is -0.312. The first-order chi connectivity index (χ1) is 13.6. The van der Waals surface area contributed by atoms with Gasteiger partial charge in [-0.05, 0) is 49.7 Å². The fourth-order valence-corrected chi connectivity index (χ4v) is 3.41. The highest BCUT2D eigenvalue weighted by Crippen LogP contribution is 2.21. The Kier molecular flexibility index (Phi) is 6.35. The first-order valence-electron chi connectivity index (χ1n) is 9.33. The van der Waals surface area contributed by atoms with Gasteiger partial charge in [0.05, 0.1) is 23.4 Å². The highest BCUT2D eigenvalue weighted by atomic mass is 16.2. The van der Waals surface area contributed by atoms with E-state index in [1.54, 1.807) is 30.5 Å². The summed E-state index contributed by atoms with van der Waals surface area (Å²) in [7, 11) is 0. The van der Waals surface area contributed by atoms with Crippen molar-refractivity contribution < 1.29 is 9.59 Å². The number of benzene rings is 1. The summed E-state index contributed by atoms with van der Waals surface area (Å²) < 4.78 is 0. The van der Waals surface area contributed by atoms with Gasteiger partial charge in [-0.15, -0.1) is 0 Å². The molecule has 1 fully saturated rings. The van der Waals surface area contributed by atoms with Gasteiger partial charge in [-0.2, -0.15) is 5.26 Å². The molecule has 0 saturated carbocycles. The molecule has 1 aliphatic rings. The maximum Gasteiger partial charge on any atom is 0.251 e. The first kappa shape index (κ1) is 19.5. The van der Waals surface area contributed by atoms with Gasteiger partial charge in [0, 0.05) is 37.4 Å². The van der Waals surface area contributed by atoms with Gasteiger partial charge in [0.15, 0.2) is 0 Å². The van der Waals surface area contributed by atoms with Crippen LogP contribution in [0.25, 0.3) is 0 Å². The van der Waals surface area contributed by atoms with E-state index in [4.69, 9.17) is 5.26 Å². The Balaban J connectivity index is 1.68. The molecule has 2 N–H and O–H groups in total. The highest BCUT2D eigenvalue weighted by molar-refractivity contribution is 5.94. The summed E-state index contributed by atoms with van der Waals surface area (Å²) in [6.45, 7) is 3.57. The average molecular weight is 377 g/mol. The zero-order valence-corrected chi connectivity index (χ0v) is 15.8. The van der Waals surface area contributed by atoms with Crippen molar-refractivity contribution in [2.45, 2.75) is 32.0 Å². The second-order valence-corrected chi connectivity index (χ2v) is 6.76. The lowest BCUT2D eigenvalue weighted by atomic mass is 10.1. The van der Waals surface area contributed by atoms with Crippen LogP contribution in [0.5, 0.6) is 0 Å². The van der Waals surface area contributed by atoms with E-state index >= 15 is 0 Å². The number of carbonyl (C=O) groups is 2. The van der Waals surface area contributed by atoms with Crippen LogP contribution in [0.3, 0.4) is 0 Å². The predicted octanol–water partition coefficient (Wildman–Crippen LogP) is 1.46. The van der Waals surface area contributed by atoms with E-state index in [2.05, 4.69) is 20.5 Å². The molecule has 0 bridgehead atoms. The van der Waals surface area contributed by atoms with E-state index in [0.717, 1.165) is 5.69 Å². The molecule has 2 atom stereocenters. The third-order valence-electron chi connectivity index (χ3n) is 4.76. The van der Waals surface area contributed by atoms with Crippen LogP contribution in [0.2, 0.25) is 0 Å². The lowest BCUT2D eigenvalue weighted by molar-refractivity contribution is -0.125. The fourth-order valence-electron chi connectivity index (χ4n) is 3.41. The Bertz CT molecular complexity index is 861. The molecule has 28 heavy (non-hydrogen) atoms. The number of pyridine rings is 1. The van der Waals surface area contributed by atoms with Crippen molar-refractivity contribution in [3.63, 3.8) is 0 Å². The predicted molar refractivity (Wildman–Crippen MR) is 104 cm³/mol. The van der Waals surface area contributed by atoms with Gasteiger partial charge in [-0.1, -0.05) is 6.07 Å². The second kappa shape index (κ2) is 9.11. The van der Waals surface area contributed by atoms with Crippen LogP contribution in [0.4, 0.5) is 0 Å². The molecular formula is C21H23N5O2.